The van der Waals surface area contributed by atoms with Crippen molar-refractivity contribution in [2.24, 2.45) is 0 Å². The van der Waals surface area contributed by atoms with Gasteiger partial charge in [-0.3, -0.25) is 4.79 Å². The third-order valence-electron chi connectivity index (χ3n) is 1.95. The van der Waals surface area contributed by atoms with Gasteiger partial charge in [0.1, 0.15) is 5.02 Å². The number of nitrogens with one attached hydrogen (secondary N) is 1. The Kier molecular flexibility index (Phi) is 4.79. The van der Waals surface area contributed by atoms with Gasteiger partial charge in [-0.2, -0.15) is 5.10 Å². The van der Waals surface area contributed by atoms with Crippen molar-refractivity contribution in [3.8, 4) is 0 Å². The van der Waals surface area contributed by atoms with E-state index in [0.717, 1.165) is 6.42 Å². The second-order valence-corrected chi connectivity index (χ2v) is 3.53. The van der Waals surface area contributed by atoms with Crippen LogP contribution < -0.4 is 10.9 Å². The summed E-state index contributed by atoms with van der Waals surface area (Å²) in [4.78, 5) is 11.7. The lowest BCUT2D eigenvalue weighted by Crippen LogP contribution is -2.23. The van der Waals surface area contributed by atoms with E-state index in [0.29, 0.717) is 18.8 Å². The van der Waals surface area contributed by atoms with E-state index in [1.165, 1.54) is 10.9 Å². The quantitative estimate of drug-likeness (QED) is 0.611. The van der Waals surface area contributed by atoms with Gasteiger partial charge < -0.3 is 5.32 Å². The highest BCUT2D eigenvalue weighted by atomic mass is 35.5. The van der Waals surface area contributed by atoms with Crippen molar-refractivity contribution < 1.29 is 0 Å². The third kappa shape index (κ3) is 2.97. The Morgan fingerprint density at radius 1 is 1.50 bits per heavy atom. The minimum absolute atomic E-state index is 0.154. The Hall–Kier alpha value is -1.55. The van der Waals surface area contributed by atoms with Crippen molar-refractivity contribution in [2.75, 3.05) is 11.9 Å². The highest BCUT2D eigenvalue weighted by Crippen LogP contribution is 2.14. The van der Waals surface area contributed by atoms with E-state index in [4.69, 9.17) is 11.6 Å². The number of rotatable bonds is 6. The van der Waals surface area contributed by atoms with Gasteiger partial charge >= 0.3 is 0 Å². The van der Waals surface area contributed by atoms with Crippen molar-refractivity contribution >= 4 is 17.3 Å². The molecule has 0 bridgehead atoms. The Bertz CT molecular complexity index is 439. The van der Waals surface area contributed by atoms with Gasteiger partial charge in [0.2, 0.25) is 0 Å². The molecule has 86 valence electrons. The minimum atomic E-state index is -0.315. The zero-order valence-corrected chi connectivity index (χ0v) is 9.70. The normalized spacial score (nSPS) is 9.81. The topological polar surface area (TPSA) is 46.9 Å². The van der Waals surface area contributed by atoms with Gasteiger partial charge in [0, 0.05) is 6.54 Å². The molecule has 0 radical (unpaired) electrons. The molecule has 0 amide bonds. The van der Waals surface area contributed by atoms with Gasteiger partial charge in [0.05, 0.1) is 18.4 Å². The number of hydrogen-bond acceptors (Lipinski definition) is 3. The molecule has 0 saturated carbocycles. The fraction of sp³-hybridized carbons (Fsp3) is 0.273. The summed E-state index contributed by atoms with van der Waals surface area (Å²) in [7, 11) is 0. The average molecular weight is 240 g/mol. The number of aromatic nitrogens is 2. The maximum Gasteiger partial charge on any atom is 0.287 e. The van der Waals surface area contributed by atoms with E-state index in [2.05, 4.69) is 23.6 Å². The molecule has 0 atom stereocenters. The predicted molar refractivity (Wildman–Crippen MR) is 67.0 cm³/mol. The van der Waals surface area contributed by atoms with Crippen molar-refractivity contribution in [2.45, 2.75) is 13.0 Å². The van der Waals surface area contributed by atoms with E-state index < -0.39 is 0 Å². The predicted octanol–water partition coefficient (Wildman–Crippen LogP) is 2.07. The van der Waals surface area contributed by atoms with Crippen LogP contribution in [-0.4, -0.2) is 16.3 Å². The lowest BCUT2D eigenvalue weighted by atomic mass is 10.4. The Balaban J connectivity index is 2.88. The molecule has 0 aromatic carbocycles. The van der Waals surface area contributed by atoms with E-state index in [9.17, 15) is 4.79 Å². The summed E-state index contributed by atoms with van der Waals surface area (Å²) in [5, 5.41) is 7.14. The first-order chi connectivity index (χ1) is 7.70. The Morgan fingerprint density at radius 2 is 2.25 bits per heavy atom. The standard InChI is InChI=1S/C11H14ClN3O/c1-3-5-6-13-9-8-14-15(7-4-2)11(16)10(9)12/h3-4,8,13H,1-2,5-7H2. The summed E-state index contributed by atoms with van der Waals surface area (Å²) < 4.78 is 1.26. The molecule has 1 aromatic rings. The molecule has 0 aliphatic heterocycles. The monoisotopic (exact) mass is 239 g/mol. The molecule has 0 spiro atoms. The molecule has 0 fully saturated rings. The fourth-order valence-corrected chi connectivity index (χ4v) is 1.36. The summed E-state index contributed by atoms with van der Waals surface area (Å²) in [6.07, 6.45) is 5.71. The molecular formula is C11H14ClN3O. The third-order valence-corrected chi connectivity index (χ3v) is 2.32. The first-order valence-corrected chi connectivity index (χ1v) is 5.29. The van der Waals surface area contributed by atoms with Crippen LogP contribution in [0.15, 0.2) is 36.3 Å². The van der Waals surface area contributed by atoms with Crippen LogP contribution in [0.5, 0.6) is 0 Å². The molecule has 0 unspecified atom stereocenters. The van der Waals surface area contributed by atoms with Crippen LogP contribution in [0.25, 0.3) is 0 Å². The molecule has 0 aliphatic carbocycles. The van der Waals surface area contributed by atoms with Crippen LogP contribution in [0.2, 0.25) is 5.02 Å². The molecule has 4 nitrogen and oxygen atoms in total. The number of nitrogens with zero attached hydrogens (tertiary/aromatic N) is 2. The van der Waals surface area contributed by atoms with E-state index >= 15 is 0 Å². The highest BCUT2D eigenvalue weighted by Gasteiger charge is 2.07. The van der Waals surface area contributed by atoms with Crippen molar-refractivity contribution in [1.29, 1.82) is 0 Å². The largest absolute Gasteiger partial charge is 0.382 e. The number of halogens is 1. The molecule has 1 aromatic heterocycles. The summed E-state index contributed by atoms with van der Waals surface area (Å²) in [5.74, 6) is 0. The van der Waals surface area contributed by atoms with Crippen molar-refractivity contribution in [3.63, 3.8) is 0 Å². The molecule has 5 heteroatoms. The lowest BCUT2D eigenvalue weighted by Gasteiger charge is -2.08. The number of hydrogen-bond donors (Lipinski definition) is 1. The summed E-state index contributed by atoms with van der Waals surface area (Å²) in [6.45, 7) is 8.17. The lowest BCUT2D eigenvalue weighted by molar-refractivity contribution is 0.653. The molecule has 1 heterocycles. The molecule has 16 heavy (non-hydrogen) atoms. The van der Waals surface area contributed by atoms with Gasteiger partial charge in [-0.15, -0.1) is 13.2 Å². The Morgan fingerprint density at radius 3 is 2.88 bits per heavy atom. The van der Waals surface area contributed by atoms with Gasteiger partial charge in [0.15, 0.2) is 0 Å². The summed E-state index contributed by atoms with van der Waals surface area (Å²) in [5.41, 5.74) is 0.235. The molecule has 0 aliphatic rings. The van der Waals surface area contributed by atoms with Crippen LogP contribution in [0.1, 0.15) is 6.42 Å². The maximum absolute atomic E-state index is 11.7. The SMILES string of the molecule is C=CCCNc1cnn(CC=C)c(=O)c1Cl. The van der Waals surface area contributed by atoms with Crippen LogP contribution in [0.3, 0.4) is 0 Å². The van der Waals surface area contributed by atoms with E-state index in [1.807, 2.05) is 0 Å². The van der Waals surface area contributed by atoms with Gasteiger partial charge in [-0.1, -0.05) is 23.8 Å². The van der Waals surface area contributed by atoms with E-state index in [-0.39, 0.29) is 10.6 Å². The molecule has 1 rings (SSSR count). The second kappa shape index (κ2) is 6.12. The minimum Gasteiger partial charge on any atom is -0.382 e. The first-order valence-electron chi connectivity index (χ1n) is 4.92. The first kappa shape index (κ1) is 12.5. The van der Waals surface area contributed by atoms with Gasteiger partial charge in [0.25, 0.3) is 5.56 Å². The Labute approximate surface area is 99.2 Å². The van der Waals surface area contributed by atoms with Gasteiger partial charge in [-0.05, 0) is 6.42 Å². The average Bonchev–Trinajstić information content (AvgIpc) is 2.28. The van der Waals surface area contributed by atoms with Crippen LogP contribution >= 0.6 is 11.6 Å². The van der Waals surface area contributed by atoms with E-state index in [1.54, 1.807) is 12.2 Å². The van der Waals surface area contributed by atoms with Crippen LogP contribution in [0.4, 0.5) is 5.69 Å². The van der Waals surface area contributed by atoms with Gasteiger partial charge in [-0.25, -0.2) is 4.68 Å². The second-order valence-electron chi connectivity index (χ2n) is 3.15. The van der Waals surface area contributed by atoms with Crippen molar-refractivity contribution in [3.05, 3.63) is 46.9 Å². The maximum atomic E-state index is 11.7. The summed E-state index contributed by atoms with van der Waals surface area (Å²) >= 11 is 5.92. The van der Waals surface area contributed by atoms with Crippen molar-refractivity contribution in [1.82, 2.24) is 9.78 Å². The highest BCUT2D eigenvalue weighted by molar-refractivity contribution is 6.32. The molecule has 0 saturated heterocycles. The molecular weight excluding hydrogens is 226 g/mol. The fourth-order valence-electron chi connectivity index (χ4n) is 1.15. The smallest absolute Gasteiger partial charge is 0.287 e. The number of anilines is 1. The molecule has 1 N–H and O–H groups in total. The zero-order chi connectivity index (χ0) is 12.0. The van der Waals surface area contributed by atoms with Crippen LogP contribution in [-0.2, 0) is 6.54 Å². The number of allylic oxidation sites excluding steroid dienone is 1. The summed E-state index contributed by atoms with van der Waals surface area (Å²) in [6, 6.07) is 0. The van der Waals surface area contributed by atoms with Crippen LogP contribution in [0, 0.1) is 0 Å². The zero-order valence-electron chi connectivity index (χ0n) is 8.95.